The molecule has 0 spiro atoms. The lowest BCUT2D eigenvalue weighted by Gasteiger charge is -1.85. The van der Waals surface area contributed by atoms with E-state index in [0.29, 0.717) is 17.9 Å². The molecule has 0 radical (unpaired) electrons. The molecule has 13 heavy (non-hydrogen) atoms. The summed E-state index contributed by atoms with van der Waals surface area (Å²) in [6.45, 7) is 0. The number of nitrogens with one attached hydrogen (secondary N) is 1. The molecule has 0 aliphatic rings. The summed E-state index contributed by atoms with van der Waals surface area (Å²) in [4.78, 5) is 14.9. The van der Waals surface area contributed by atoms with Gasteiger partial charge in [0.25, 0.3) is 0 Å². The highest BCUT2D eigenvalue weighted by Crippen LogP contribution is 2.09. The molecule has 0 aliphatic heterocycles. The standard InChI is InChI=1S/C8H5ClN4/c1-2-3-6-11-5-4-10-8(9)13-7(5)12-6/h1,4H,3H2,(H,10,11,12,13). The van der Waals surface area contributed by atoms with Crippen molar-refractivity contribution in [3.8, 4) is 12.3 Å². The van der Waals surface area contributed by atoms with Gasteiger partial charge in [-0.1, -0.05) is 5.92 Å². The van der Waals surface area contributed by atoms with E-state index in [2.05, 4.69) is 25.9 Å². The Morgan fingerprint density at radius 1 is 1.54 bits per heavy atom. The van der Waals surface area contributed by atoms with Gasteiger partial charge < -0.3 is 4.98 Å². The number of nitrogens with zero attached hydrogens (tertiary/aromatic N) is 3. The second kappa shape index (κ2) is 3.04. The number of rotatable bonds is 1. The third kappa shape index (κ3) is 1.46. The molecule has 2 rings (SSSR count). The summed E-state index contributed by atoms with van der Waals surface area (Å²) in [5, 5.41) is 0.186. The van der Waals surface area contributed by atoms with Crippen molar-refractivity contribution < 1.29 is 0 Å². The van der Waals surface area contributed by atoms with Gasteiger partial charge in [-0.3, -0.25) is 0 Å². The number of imidazole rings is 1. The molecule has 0 aliphatic carbocycles. The van der Waals surface area contributed by atoms with Gasteiger partial charge in [0.15, 0.2) is 5.65 Å². The molecule has 0 aromatic carbocycles. The molecule has 1 N–H and O–H groups in total. The molecule has 0 atom stereocenters. The van der Waals surface area contributed by atoms with Crippen molar-refractivity contribution in [2.45, 2.75) is 6.42 Å². The van der Waals surface area contributed by atoms with Gasteiger partial charge in [-0.25, -0.2) is 9.97 Å². The minimum atomic E-state index is 0.186. The summed E-state index contributed by atoms with van der Waals surface area (Å²) in [5.41, 5.74) is 1.29. The van der Waals surface area contributed by atoms with E-state index >= 15 is 0 Å². The van der Waals surface area contributed by atoms with Crippen LogP contribution in [0.4, 0.5) is 0 Å². The maximum absolute atomic E-state index is 5.59. The van der Waals surface area contributed by atoms with Gasteiger partial charge >= 0.3 is 0 Å². The van der Waals surface area contributed by atoms with Crippen molar-refractivity contribution >= 4 is 22.8 Å². The third-order valence-electron chi connectivity index (χ3n) is 1.53. The van der Waals surface area contributed by atoms with E-state index in [0.717, 1.165) is 5.52 Å². The fourth-order valence-corrected chi connectivity index (χ4v) is 1.15. The van der Waals surface area contributed by atoms with Gasteiger partial charge in [0.2, 0.25) is 5.28 Å². The Balaban J connectivity index is 2.57. The van der Waals surface area contributed by atoms with Gasteiger partial charge in [-0.05, 0) is 11.6 Å². The predicted molar refractivity (Wildman–Crippen MR) is 49.2 cm³/mol. The molecular weight excluding hydrogens is 188 g/mol. The van der Waals surface area contributed by atoms with Gasteiger partial charge in [0.05, 0.1) is 12.6 Å². The highest BCUT2D eigenvalue weighted by Gasteiger charge is 2.03. The minimum Gasteiger partial charge on any atom is -0.339 e. The molecule has 2 heterocycles. The van der Waals surface area contributed by atoms with E-state index in [-0.39, 0.29) is 5.28 Å². The lowest BCUT2D eigenvalue weighted by Crippen LogP contribution is -1.82. The highest BCUT2D eigenvalue weighted by atomic mass is 35.5. The van der Waals surface area contributed by atoms with Crippen LogP contribution in [0.25, 0.3) is 11.2 Å². The van der Waals surface area contributed by atoms with Crippen LogP contribution in [0.15, 0.2) is 6.20 Å². The number of hydrogen-bond acceptors (Lipinski definition) is 3. The monoisotopic (exact) mass is 192 g/mol. The van der Waals surface area contributed by atoms with Gasteiger partial charge in [-0.15, -0.1) is 6.42 Å². The lowest BCUT2D eigenvalue weighted by molar-refractivity contribution is 1.09. The first kappa shape index (κ1) is 8.02. The Morgan fingerprint density at radius 2 is 2.38 bits per heavy atom. The molecule has 2 aromatic heterocycles. The average Bonchev–Trinajstić information content (AvgIpc) is 2.46. The van der Waals surface area contributed by atoms with Crippen molar-refractivity contribution in [2.24, 2.45) is 0 Å². The summed E-state index contributed by atoms with van der Waals surface area (Å²) < 4.78 is 0. The fourth-order valence-electron chi connectivity index (χ4n) is 1.02. The topological polar surface area (TPSA) is 54.5 Å². The van der Waals surface area contributed by atoms with Crippen molar-refractivity contribution in [2.75, 3.05) is 0 Å². The van der Waals surface area contributed by atoms with Crippen LogP contribution >= 0.6 is 11.6 Å². The van der Waals surface area contributed by atoms with Gasteiger partial charge in [-0.2, -0.15) is 4.98 Å². The zero-order chi connectivity index (χ0) is 9.26. The fraction of sp³-hybridized carbons (Fsp3) is 0.125. The molecule has 2 aromatic rings. The first-order valence-electron chi connectivity index (χ1n) is 3.60. The molecule has 5 heteroatoms. The van der Waals surface area contributed by atoms with Crippen LogP contribution in [0, 0.1) is 12.3 Å². The number of aromatic nitrogens is 4. The zero-order valence-corrected chi connectivity index (χ0v) is 7.34. The molecular formula is C8H5ClN4. The Morgan fingerprint density at radius 3 is 3.15 bits per heavy atom. The number of hydrogen-bond donors (Lipinski definition) is 1. The van der Waals surface area contributed by atoms with E-state index in [1.165, 1.54) is 0 Å². The first-order valence-corrected chi connectivity index (χ1v) is 3.98. The highest BCUT2D eigenvalue weighted by molar-refractivity contribution is 6.28. The van der Waals surface area contributed by atoms with Crippen molar-refractivity contribution in [1.29, 1.82) is 0 Å². The summed E-state index contributed by atoms with van der Waals surface area (Å²) in [6, 6.07) is 0. The number of terminal acetylenes is 1. The van der Waals surface area contributed by atoms with Gasteiger partial charge in [0, 0.05) is 0 Å². The summed E-state index contributed by atoms with van der Waals surface area (Å²) in [5.74, 6) is 3.19. The maximum Gasteiger partial charge on any atom is 0.224 e. The van der Waals surface area contributed by atoms with Crippen LogP contribution in [0.2, 0.25) is 5.28 Å². The largest absolute Gasteiger partial charge is 0.339 e. The molecule has 64 valence electrons. The van der Waals surface area contributed by atoms with Crippen LogP contribution in [-0.4, -0.2) is 19.9 Å². The van der Waals surface area contributed by atoms with E-state index in [9.17, 15) is 0 Å². The van der Waals surface area contributed by atoms with Crippen LogP contribution in [-0.2, 0) is 6.42 Å². The van der Waals surface area contributed by atoms with Crippen LogP contribution in [0.3, 0.4) is 0 Å². The third-order valence-corrected chi connectivity index (χ3v) is 1.71. The smallest absolute Gasteiger partial charge is 0.224 e. The maximum atomic E-state index is 5.59. The number of H-pyrrole nitrogens is 1. The molecule has 0 saturated carbocycles. The van der Waals surface area contributed by atoms with E-state index in [4.69, 9.17) is 18.0 Å². The zero-order valence-electron chi connectivity index (χ0n) is 6.58. The van der Waals surface area contributed by atoms with Crippen LogP contribution in [0.5, 0.6) is 0 Å². The molecule has 0 unspecified atom stereocenters. The first-order chi connectivity index (χ1) is 6.29. The van der Waals surface area contributed by atoms with E-state index < -0.39 is 0 Å². The van der Waals surface area contributed by atoms with Crippen molar-refractivity contribution in [3.63, 3.8) is 0 Å². The second-order valence-corrected chi connectivity index (χ2v) is 2.78. The quantitative estimate of drug-likeness (QED) is 0.545. The Hall–Kier alpha value is -1.60. The molecule has 4 nitrogen and oxygen atoms in total. The Bertz CT molecular complexity index is 482. The van der Waals surface area contributed by atoms with Crippen LogP contribution < -0.4 is 0 Å². The van der Waals surface area contributed by atoms with E-state index in [1.54, 1.807) is 6.20 Å². The summed E-state index contributed by atoms with van der Waals surface area (Å²) in [7, 11) is 0. The van der Waals surface area contributed by atoms with E-state index in [1.807, 2.05) is 0 Å². The SMILES string of the molecule is C#CCc1nc2nc(Cl)ncc2[nH]1. The van der Waals surface area contributed by atoms with Crippen molar-refractivity contribution in [3.05, 3.63) is 17.3 Å². The number of fused-ring (bicyclic) bond motifs is 1. The molecule has 0 saturated heterocycles. The average molecular weight is 193 g/mol. The summed E-state index contributed by atoms with van der Waals surface area (Å²) >= 11 is 5.59. The number of halogens is 1. The Labute approximate surface area is 79.4 Å². The predicted octanol–water partition coefficient (Wildman–Crippen LogP) is 1.18. The lowest BCUT2D eigenvalue weighted by atomic mass is 10.4. The molecule has 0 bridgehead atoms. The Kier molecular flexibility index (Phi) is 1.87. The minimum absolute atomic E-state index is 0.186. The van der Waals surface area contributed by atoms with Gasteiger partial charge in [0.1, 0.15) is 11.3 Å². The normalized spacial score (nSPS) is 10.2. The summed E-state index contributed by atoms with van der Waals surface area (Å²) in [6.07, 6.45) is 7.17. The van der Waals surface area contributed by atoms with Crippen molar-refractivity contribution in [1.82, 2.24) is 19.9 Å². The second-order valence-electron chi connectivity index (χ2n) is 2.44. The number of aromatic amines is 1. The molecule has 0 amide bonds. The molecule has 0 fully saturated rings. The van der Waals surface area contributed by atoms with Crippen LogP contribution in [0.1, 0.15) is 5.82 Å².